The van der Waals surface area contributed by atoms with E-state index in [1.165, 1.54) is 14.0 Å². The second kappa shape index (κ2) is 7.47. The zero-order valence-corrected chi connectivity index (χ0v) is 12.5. The van der Waals surface area contributed by atoms with Gasteiger partial charge in [-0.25, -0.2) is 0 Å². The van der Waals surface area contributed by atoms with Gasteiger partial charge in [0.05, 0.1) is 13.2 Å². The summed E-state index contributed by atoms with van der Waals surface area (Å²) in [7, 11) is 1.50. The van der Waals surface area contributed by atoms with E-state index >= 15 is 0 Å². The first-order chi connectivity index (χ1) is 8.95. The van der Waals surface area contributed by atoms with Crippen LogP contribution in [0.15, 0.2) is 22.7 Å². The number of aliphatic hydroxyl groups excluding tert-OH is 2. The Morgan fingerprint density at radius 2 is 2.16 bits per heavy atom. The molecule has 0 radical (unpaired) electrons. The summed E-state index contributed by atoms with van der Waals surface area (Å²) in [5.74, 6) is 0.336. The van der Waals surface area contributed by atoms with E-state index in [9.17, 15) is 15.0 Å². The van der Waals surface area contributed by atoms with Crippen molar-refractivity contribution < 1.29 is 19.7 Å². The lowest BCUT2D eigenvalue weighted by Gasteiger charge is -2.20. The number of aliphatic hydroxyl groups is 2. The quantitative estimate of drug-likeness (QED) is 0.735. The molecule has 0 aliphatic heterocycles. The number of halogens is 1. The third kappa shape index (κ3) is 4.81. The topological polar surface area (TPSA) is 78.8 Å². The Labute approximate surface area is 120 Å². The first-order valence-corrected chi connectivity index (χ1v) is 6.69. The van der Waals surface area contributed by atoms with Crippen LogP contribution in [0.3, 0.4) is 0 Å². The predicted octanol–water partition coefficient (Wildman–Crippen LogP) is 1.38. The molecule has 19 heavy (non-hydrogen) atoms. The summed E-state index contributed by atoms with van der Waals surface area (Å²) in [6.45, 7) is 1.72. The molecule has 3 N–H and O–H groups in total. The van der Waals surface area contributed by atoms with Gasteiger partial charge >= 0.3 is 0 Å². The van der Waals surface area contributed by atoms with Crippen LogP contribution in [0.2, 0.25) is 0 Å². The molecule has 0 saturated carbocycles. The number of carbonyl (C=O) groups excluding carboxylic acids is 1. The molecule has 0 heterocycles. The Balaban J connectivity index is 2.70. The van der Waals surface area contributed by atoms with Crippen LogP contribution in [0.1, 0.15) is 25.0 Å². The summed E-state index contributed by atoms with van der Waals surface area (Å²) in [5, 5.41) is 22.6. The van der Waals surface area contributed by atoms with Gasteiger partial charge in [0.15, 0.2) is 0 Å². The van der Waals surface area contributed by atoms with Gasteiger partial charge in [-0.3, -0.25) is 4.79 Å². The van der Waals surface area contributed by atoms with Gasteiger partial charge < -0.3 is 20.3 Å². The number of hydrogen-bond acceptors (Lipinski definition) is 4. The van der Waals surface area contributed by atoms with E-state index in [-0.39, 0.29) is 12.3 Å². The van der Waals surface area contributed by atoms with Crippen molar-refractivity contribution in [2.75, 3.05) is 13.7 Å². The molecule has 6 heteroatoms. The molecule has 1 aromatic rings. The van der Waals surface area contributed by atoms with Crippen molar-refractivity contribution >= 4 is 21.8 Å². The molecule has 106 valence electrons. The highest BCUT2D eigenvalue weighted by atomic mass is 79.9. The molecule has 0 aromatic heterocycles. The van der Waals surface area contributed by atoms with E-state index in [1.807, 2.05) is 0 Å². The van der Waals surface area contributed by atoms with Gasteiger partial charge in [0.1, 0.15) is 11.9 Å². The van der Waals surface area contributed by atoms with Crippen molar-refractivity contribution in [1.82, 2.24) is 5.32 Å². The van der Waals surface area contributed by atoms with Gasteiger partial charge in [-0.05, 0) is 18.6 Å². The second-order valence-corrected chi connectivity index (χ2v) is 5.09. The highest BCUT2D eigenvalue weighted by Gasteiger charge is 2.21. The van der Waals surface area contributed by atoms with Gasteiger partial charge in [0.25, 0.3) is 0 Å². The van der Waals surface area contributed by atoms with Crippen LogP contribution in [0.5, 0.6) is 5.75 Å². The molecule has 0 spiro atoms. The summed E-state index contributed by atoms with van der Waals surface area (Å²) in [6.07, 6.45) is -1.77. The summed E-state index contributed by atoms with van der Waals surface area (Å²) >= 11 is 3.31. The smallest absolute Gasteiger partial charge is 0.216 e. The van der Waals surface area contributed by atoms with Crippen LogP contribution in [-0.4, -0.2) is 35.9 Å². The van der Waals surface area contributed by atoms with Crippen LogP contribution >= 0.6 is 15.9 Å². The van der Waals surface area contributed by atoms with Gasteiger partial charge in [-0.2, -0.15) is 0 Å². The van der Waals surface area contributed by atoms with Crippen LogP contribution in [-0.2, 0) is 4.79 Å². The van der Waals surface area contributed by atoms with E-state index < -0.39 is 12.2 Å². The first-order valence-electron chi connectivity index (χ1n) is 5.89. The van der Waals surface area contributed by atoms with Crippen LogP contribution < -0.4 is 10.1 Å². The van der Waals surface area contributed by atoms with E-state index in [2.05, 4.69) is 21.2 Å². The third-order valence-electron chi connectivity index (χ3n) is 2.69. The Morgan fingerprint density at radius 3 is 2.74 bits per heavy atom. The van der Waals surface area contributed by atoms with Crippen molar-refractivity contribution in [3.63, 3.8) is 0 Å². The number of rotatable bonds is 6. The number of benzene rings is 1. The van der Waals surface area contributed by atoms with Gasteiger partial charge in [0, 0.05) is 23.5 Å². The van der Waals surface area contributed by atoms with Crippen LogP contribution in [0, 0.1) is 0 Å². The molecule has 0 saturated heterocycles. The minimum Gasteiger partial charge on any atom is -0.496 e. The Bertz CT molecular complexity index is 439. The van der Waals surface area contributed by atoms with Gasteiger partial charge in [0.2, 0.25) is 5.91 Å². The number of nitrogens with one attached hydrogen (secondary N) is 1. The number of amides is 1. The molecular weight excluding hydrogens is 314 g/mol. The fraction of sp³-hybridized carbons (Fsp3) is 0.462. The average Bonchev–Trinajstić information content (AvgIpc) is 2.37. The first kappa shape index (κ1) is 15.9. The van der Waals surface area contributed by atoms with E-state index in [1.54, 1.807) is 18.2 Å². The Kier molecular flexibility index (Phi) is 6.27. The van der Waals surface area contributed by atoms with Crippen molar-refractivity contribution in [2.45, 2.75) is 25.6 Å². The molecule has 1 rings (SSSR count). The summed E-state index contributed by atoms with van der Waals surface area (Å²) in [6, 6.07) is 5.18. The van der Waals surface area contributed by atoms with E-state index in [4.69, 9.17) is 4.74 Å². The van der Waals surface area contributed by atoms with Crippen molar-refractivity contribution in [2.24, 2.45) is 0 Å². The predicted molar refractivity (Wildman–Crippen MR) is 75.0 cm³/mol. The highest BCUT2D eigenvalue weighted by molar-refractivity contribution is 9.10. The number of ether oxygens (including phenoxy) is 1. The summed E-state index contributed by atoms with van der Waals surface area (Å²) in [4.78, 5) is 10.7. The fourth-order valence-corrected chi connectivity index (χ4v) is 2.03. The number of hydrogen-bond donors (Lipinski definition) is 3. The summed E-state index contributed by atoms with van der Waals surface area (Å²) < 4.78 is 6.00. The zero-order chi connectivity index (χ0) is 14.4. The Morgan fingerprint density at radius 1 is 1.47 bits per heavy atom. The van der Waals surface area contributed by atoms with Crippen LogP contribution in [0.25, 0.3) is 0 Å². The molecule has 2 unspecified atom stereocenters. The second-order valence-electron chi connectivity index (χ2n) is 4.17. The van der Waals surface area contributed by atoms with Gasteiger partial charge in [-0.15, -0.1) is 0 Å². The maximum atomic E-state index is 10.7. The normalized spacial score (nSPS) is 13.7. The molecule has 5 nitrogen and oxygen atoms in total. The molecule has 1 aromatic carbocycles. The lowest BCUT2D eigenvalue weighted by Crippen LogP contribution is -2.27. The van der Waals surface area contributed by atoms with Gasteiger partial charge in [-0.1, -0.05) is 22.0 Å². The minimum atomic E-state index is -1.06. The largest absolute Gasteiger partial charge is 0.496 e. The maximum absolute atomic E-state index is 10.7. The van der Waals surface area contributed by atoms with Crippen molar-refractivity contribution in [1.29, 1.82) is 0 Å². The fourth-order valence-electron chi connectivity index (χ4n) is 1.69. The average molecular weight is 332 g/mol. The molecule has 0 fully saturated rings. The van der Waals surface area contributed by atoms with Crippen LogP contribution in [0.4, 0.5) is 0 Å². The van der Waals surface area contributed by atoms with Crippen molar-refractivity contribution in [3.05, 3.63) is 28.2 Å². The number of carbonyl (C=O) groups is 1. The highest BCUT2D eigenvalue weighted by Crippen LogP contribution is 2.30. The molecule has 1 amide bonds. The molecular formula is C13H18BrNO4. The molecule has 2 atom stereocenters. The lowest BCUT2D eigenvalue weighted by molar-refractivity contribution is -0.119. The lowest BCUT2D eigenvalue weighted by atomic mass is 10.0. The SMILES string of the molecule is COc1cc(Br)ccc1C(O)C(O)CCNC(C)=O. The van der Waals surface area contributed by atoms with E-state index in [0.29, 0.717) is 17.9 Å². The minimum absolute atomic E-state index is 0.164. The monoisotopic (exact) mass is 331 g/mol. The molecule has 0 aliphatic carbocycles. The maximum Gasteiger partial charge on any atom is 0.216 e. The standard InChI is InChI=1S/C13H18BrNO4/c1-8(16)15-6-5-11(17)13(18)10-4-3-9(14)7-12(10)19-2/h3-4,7,11,13,17-18H,5-6H2,1-2H3,(H,15,16). The van der Waals surface area contributed by atoms with E-state index in [0.717, 1.165) is 4.47 Å². The number of methoxy groups -OCH3 is 1. The summed E-state index contributed by atoms with van der Waals surface area (Å²) in [5.41, 5.74) is 0.515. The molecule has 0 aliphatic rings. The third-order valence-corrected chi connectivity index (χ3v) is 3.19. The molecule has 0 bridgehead atoms. The zero-order valence-electron chi connectivity index (χ0n) is 10.9. The van der Waals surface area contributed by atoms with Crippen molar-refractivity contribution in [3.8, 4) is 5.75 Å². The Hall–Kier alpha value is -1.11.